The number of nitriles is 2. The van der Waals surface area contributed by atoms with Gasteiger partial charge < -0.3 is 28.4 Å². The van der Waals surface area contributed by atoms with Gasteiger partial charge in [0.15, 0.2) is 0 Å². The number of hydrogen-bond donors (Lipinski definition) is 0. The normalized spacial score (nSPS) is 22.1. The van der Waals surface area contributed by atoms with Crippen molar-refractivity contribution in [1.29, 1.82) is 10.5 Å². The second kappa shape index (κ2) is 37.8. The second-order valence-electron chi connectivity index (χ2n) is 34.3. The molecule has 20 rings (SSSR count). The molecule has 12 aromatic carbocycles. The molecule has 0 aromatic heterocycles. The van der Waals surface area contributed by atoms with Crippen LogP contribution in [-0.2, 0) is 60.0 Å². The largest absolute Gasteiger partial charge is 0.573 e. The van der Waals surface area contributed by atoms with Crippen molar-refractivity contribution in [3.63, 3.8) is 0 Å². The average molecular weight is 2200 g/mol. The van der Waals surface area contributed by atoms with Crippen LogP contribution in [0.3, 0.4) is 0 Å². The van der Waals surface area contributed by atoms with Gasteiger partial charge in [-0.3, -0.25) is 38.4 Å². The van der Waals surface area contributed by atoms with Crippen LogP contribution < -0.4 is 48.0 Å². The Kier molecular flexibility index (Phi) is 26.8. The molecule has 46 heteroatoms. The zero-order chi connectivity index (χ0) is 106. The fourth-order valence-electron chi connectivity index (χ4n) is 20.8. The Morgan fingerprint density at radius 1 is 0.245 bits per heavy atom. The average Bonchev–Trinajstić information content (AvgIpc) is 1.44. The summed E-state index contributed by atoms with van der Waals surface area (Å²) < 4.78 is 251. The smallest absolute Gasteiger partial charge is 0.406 e. The highest BCUT2D eigenvalue weighted by atomic mass is 35.5. The van der Waals surface area contributed by atoms with Crippen LogP contribution in [0.4, 0.5) is 102 Å². The first-order valence-corrected chi connectivity index (χ1v) is 45.5. The van der Waals surface area contributed by atoms with E-state index in [0.717, 1.165) is 92.4 Å². The Morgan fingerprint density at radius 3 is 0.565 bits per heavy atom. The molecule has 754 valence electrons. The van der Waals surface area contributed by atoms with Gasteiger partial charge >= 0.3 is 38.2 Å². The number of rotatable bonds is 18. The van der Waals surface area contributed by atoms with Crippen molar-refractivity contribution in [1.82, 2.24) is 0 Å². The molecule has 2 unspecified atom stereocenters. The minimum Gasteiger partial charge on any atom is -0.406 e. The number of halogens is 26. The number of anilines is 4. The third kappa shape index (κ3) is 19.4. The SMILES string of the molecule is C[C@]12C(=O)N(c3cc(Cl)cc(Cl)c3)C(=O)[C@H]1C2(c1ccc(OC(F)(F)F)cc1)c1ccc(OC(F)(F)F)cc1.N#Cc1ccc(C2(c3ccc(OC(F)(F)F)cc3)[C@@H]3C(=O)N(c4cc(Cl)cc(Cl)c4)C(=O)[C@@H]32)cc1.N#Cc1ccc(C2(c3ccc(OC(F)(F)F)cc3)[C@@H]3C(=O)N(c4cc(Cl)cc(Cl)c4)C(=O)[C@@H]32)cc1.O=C1[C@@H]2[C@H](C(=O)N1c1cc(Cl)cc(Cl)c1)C2(c1ccc(OC(F)(F)F)cc1)c1ccc(OC(F)(F)F)cc1. The van der Waals surface area contributed by atoms with Gasteiger partial charge in [-0.15, -0.1) is 79.0 Å². The van der Waals surface area contributed by atoms with E-state index in [-0.39, 0.29) is 62.9 Å². The van der Waals surface area contributed by atoms with Gasteiger partial charge in [0.25, 0.3) is 0 Å². The summed E-state index contributed by atoms with van der Waals surface area (Å²) in [5, 5.41) is 20.0. The van der Waals surface area contributed by atoms with Crippen molar-refractivity contribution < 1.29 is 146 Å². The second-order valence-corrected chi connectivity index (χ2v) is 37.7. The topological polar surface area (TPSA) is 252 Å². The lowest BCUT2D eigenvalue weighted by Gasteiger charge is -2.30. The molecule has 4 saturated carbocycles. The molecule has 4 aliphatic heterocycles. The molecule has 4 heterocycles. The molecule has 12 aromatic rings. The molecule has 0 radical (unpaired) electrons. The lowest BCUT2D eigenvalue weighted by Crippen LogP contribution is -2.42. The van der Waals surface area contributed by atoms with Gasteiger partial charge in [0.2, 0.25) is 47.3 Å². The number of benzene rings is 12. The summed E-state index contributed by atoms with van der Waals surface area (Å²) in [6, 6.07) is 62.8. The maximum atomic E-state index is 13.8. The van der Waals surface area contributed by atoms with Crippen LogP contribution in [-0.4, -0.2) is 85.4 Å². The Bertz CT molecular complexity index is 6970. The van der Waals surface area contributed by atoms with Gasteiger partial charge in [-0.1, -0.05) is 190 Å². The zero-order valence-corrected chi connectivity index (χ0v) is 79.2. The van der Waals surface area contributed by atoms with Crippen LogP contribution in [0.15, 0.2) is 267 Å². The number of amides is 8. The van der Waals surface area contributed by atoms with Gasteiger partial charge in [-0.25, -0.2) is 19.6 Å². The highest BCUT2D eigenvalue weighted by Crippen LogP contribution is 2.78. The van der Waals surface area contributed by atoms with E-state index >= 15 is 0 Å². The summed E-state index contributed by atoms with van der Waals surface area (Å²) in [7, 11) is 0. The molecular weight excluding hydrogens is 2150 g/mol. The monoisotopic (exact) mass is 2200 g/mol. The fraction of sp³-hybridized carbons (Fsp3) is 0.188. The van der Waals surface area contributed by atoms with E-state index in [2.05, 4.69) is 28.4 Å². The molecule has 0 N–H and O–H groups in total. The van der Waals surface area contributed by atoms with Crippen molar-refractivity contribution in [3.05, 3.63) is 363 Å². The summed E-state index contributed by atoms with van der Waals surface area (Å²) in [5.74, 6) is -13.6. The van der Waals surface area contributed by atoms with Crippen LogP contribution in [0.25, 0.3) is 0 Å². The minimum absolute atomic E-state index is 0.132. The summed E-state index contributed by atoms with van der Waals surface area (Å²) in [6.45, 7) is 1.52. The van der Waals surface area contributed by atoms with E-state index in [9.17, 15) is 117 Å². The summed E-state index contributed by atoms with van der Waals surface area (Å²) in [5.41, 5.74) is -1.52. The number of nitrogens with zero attached hydrogens (tertiary/aromatic N) is 6. The molecule has 0 spiro atoms. The van der Waals surface area contributed by atoms with Crippen LogP contribution >= 0.6 is 92.8 Å². The number of hydrogen-bond acceptors (Lipinski definition) is 16. The molecule has 8 fully saturated rings. The summed E-state index contributed by atoms with van der Waals surface area (Å²) in [4.78, 5) is 113. The van der Waals surface area contributed by atoms with Crippen LogP contribution in [0.1, 0.15) is 62.6 Å². The van der Waals surface area contributed by atoms with Crippen LogP contribution in [0, 0.1) is 69.5 Å². The first-order chi connectivity index (χ1) is 68.9. The van der Waals surface area contributed by atoms with Gasteiger partial charge in [0, 0.05) is 61.8 Å². The Hall–Kier alpha value is -14.0. The highest BCUT2D eigenvalue weighted by molar-refractivity contribution is 6.39. The summed E-state index contributed by atoms with van der Waals surface area (Å²) >= 11 is 48.4. The number of piperidine rings is 4. The molecule has 8 aliphatic rings. The predicted molar refractivity (Wildman–Crippen MR) is 493 cm³/mol. The standard InChI is InChI=1S/C26H15Cl2F6NO4.C25H13Cl2F6NO4.2C25H13Cl2F3N2O3/c1-23-20(21(36)35(22(23)37)17-11-15(27)10-16(28)12-17)24(23,13-2-6-18(7-3-13)38-25(29,30)31)14-4-8-19(9-5-14)39-26(32,33)34;26-14-9-15(27)11-16(10-14)34-21(35)19-20(22(34)36)23(19,12-1-5-17(6-2-12)37-24(28,29)30)13-3-7-18(8-4-13)38-25(31,32)33;2*26-16-9-17(27)11-18(10-16)32-22(33)20-21(23(32)34)24(20,14-3-1-13(12-31)2-4-14)15-5-7-19(8-6-15)35-25(28,29)30/h2-12,20H,1H3;1-11,19-20H;2*1-11,20-21H/t20-,23-;19-,20+;2*20-,21+,24?/m1.../s1. The van der Waals surface area contributed by atoms with Crippen LogP contribution in [0.2, 0.25) is 40.2 Å². The van der Waals surface area contributed by atoms with Crippen molar-refractivity contribution in [2.45, 2.75) is 66.8 Å². The maximum absolute atomic E-state index is 13.8. The summed E-state index contributed by atoms with van der Waals surface area (Å²) in [6.07, 6.45) is -29.5. The van der Waals surface area contributed by atoms with E-state index in [1.165, 1.54) is 153 Å². The Labute approximate surface area is 856 Å². The van der Waals surface area contributed by atoms with E-state index in [0.29, 0.717) is 55.6 Å². The highest BCUT2D eigenvalue weighted by Gasteiger charge is 2.87. The third-order valence-electron chi connectivity index (χ3n) is 26.1. The number of ether oxygens (including phenoxy) is 6. The minimum atomic E-state index is -4.94. The molecule has 10 atom stereocenters. The van der Waals surface area contributed by atoms with Crippen molar-refractivity contribution in [3.8, 4) is 46.6 Å². The van der Waals surface area contributed by atoms with Gasteiger partial charge in [-0.05, 0) is 221 Å². The van der Waals surface area contributed by atoms with Gasteiger partial charge in [-0.2, -0.15) is 10.5 Å². The predicted octanol–water partition coefficient (Wildman–Crippen LogP) is 25.9. The lowest BCUT2D eigenvalue weighted by molar-refractivity contribution is -0.275. The van der Waals surface area contributed by atoms with Crippen LogP contribution in [0.5, 0.6) is 34.5 Å². The molecule has 147 heavy (non-hydrogen) atoms. The quantitative estimate of drug-likeness (QED) is 0.0572. The molecular formula is C101H54Cl8F18N6O14. The van der Waals surface area contributed by atoms with Crippen molar-refractivity contribution >= 4 is 163 Å². The van der Waals surface area contributed by atoms with E-state index in [1.807, 2.05) is 12.1 Å². The Balaban J connectivity index is 0.000000134. The molecule has 4 saturated heterocycles. The number of fused-ring (bicyclic) bond motifs is 4. The number of carbonyl (C=O) groups is 8. The van der Waals surface area contributed by atoms with E-state index < -0.39 is 188 Å². The number of carbonyl (C=O) groups excluding carboxylic acids is 8. The van der Waals surface area contributed by atoms with Crippen molar-refractivity contribution in [2.24, 2.45) is 46.8 Å². The fourth-order valence-corrected chi connectivity index (χ4v) is 22.9. The van der Waals surface area contributed by atoms with Gasteiger partial charge in [0.05, 0.1) is 92.9 Å². The van der Waals surface area contributed by atoms with E-state index in [1.54, 1.807) is 48.5 Å². The molecule has 20 nitrogen and oxygen atoms in total. The maximum Gasteiger partial charge on any atom is 0.573 e. The number of alkyl halides is 18. The third-order valence-corrected chi connectivity index (χ3v) is 27.9. The number of imide groups is 4. The van der Waals surface area contributed by atoms with Gasteiger partial charge in [0.1, 0.15) is 34.5 Å². The first-order valence-electron chi connectivity index (χ1n) is 42.5. The first kappa shape index (κ1) is 104. The van der Waals surface area contributed by atoms with E-state index in [4.69, 9.17) is 103 Å². The molecule has 4 aliphatic carbocycles. The zero-order valence-electron chi connectivity index (χ0n) is 73.2. The Morgan fingerprint density at radius 2 is 0.408 bits per heavy atom. The molecule has 8 amide bonds. The lowest BCUT2D eigenvalue weighted by atomic mass is 9.79. The van der Waals surface area contributed by atoms with Crippen molar-refractivity contribution in [2.75, 3.05) is 19.6 Å². The molecule has 0 bridgehead atoms.